The molecule has 0 amide bonds. The van der Waals surface area contributed by atoms with Crippen LogP contribution in [0.3, 0.4) is 0 Å². The zero-order chi connectivity index (χ0) is 13.5. The number of nitrogens with one attached hydrogen (secondary N) is 2. The number of para-hydroxylation sites is 1. The van der Waals surface area contributed by atoms with Gasteiger partial charge < -0.3 is 10.6 Å². The summed E-state index contributed by atoms with van der Waals surface area (Å²) in [4.78, 5) is 8.56. The minimum absolute atomic E-state index is 0.742. The van der Waals surface area contributed by atoms with Crippen LogP contribution >= 0.6 is 0 Å². The molecule has 0 saturated carbocycles. The van der Waals surface area contributed by atoms with Gasteiger partial charge in [-0.05, 0) is 24.1 Å². The van der Waals surface area contributed by atoms with Crippen molar-refractivity contribution in [2.45, 2.75) is 19.9 Å². The molecule has 2 rings (SSSR count). The van der Waals surface area contributed by atoms with Gasteiger partial charge in [0, 0.05) is 31.7 Å². The first-order valence-corrected chi connectivity index (χ1v) is 6.62. The Balaban J connectivity index is 2.09. The topological polar surface area (TPSA) is 49.3 Å². The number of nitrogens with zero attached hydrogens (tertiary/aromatic N) is 2. The summed E-state index contributed by atoms with van der Waals surface area (Å²) in [7, 11) is 1.79. The molecule has 19 heavy (non-hydrogen) atoms. The maximum Gasteiger partial charge on any atom is 0.191 e. The Labute approximate surface area is 114 Å². The minimum atomic E-state index is 0.742. The second-order valence-corrected chi connectivity index (χ2v) is 4.34. The third-order valence-corrected chi connectivity index (χ3v) is 2.95. The van der Waals surface area contributed by atoms with E-state index < -0.39 is 0 Å². The molecule has 0 spiro atoms. The van der Waals surface area contributed by atoms with E-state index in [-0.39, 0.29) is 0 Å². The van der Waals surface area contributed by atoms with Crippen LogP contribution in [0.2, 0.25) is 0 Å². The van der Waals surface area contributed by atoms with Crippen LogP contribution in [0, 0.1) is 0 Å². The maximum atomic E-state index is 4.37. The van der Waals surface area contributed by atoms with Gasteiger partial charge in [-0.15, -0.1) is 0 Å². The first kappa shape index (κ1) is 13.3. The quantitative estimate of drug-likeness (QED) is 0.652. The Bertz CT molecular complexity index is 558. The zero-order valence-corrected chi connectivity index (χ0v) is 11.5. The monoisotopic (exact) mass is 256 g/mol. The van der Waals surface area contributed by atoms with Gasteiger partial charge in [-0.2, -0.15) is 0 Å². The van der Waals surface area contributed by atoms with Gasteiger partial charge in [0.25, 0.3) is 0 Å². The predicted octanol–water partition coefficient (Wildman–Crippen LogP) is 2.31. The lowest BCUT2D eigenvalue weighted by Crippen LogP contribution is -2.37. The second kappa shape index (κ2) is 6.73. The first-order chi connectivity index (χ1) is 9.35. The van der Waals surface area contributed by atoms with Gasteiger partial charge in [0.2, 0.25) is 0 Å². The van der Waals surface area contributed by atoms with E-state index in [4.69, 9.17) is 0 Å². The molecule has 0 saturated heterocycles. The summed E-state index contributed by atoms with van der Waals surface area (Å²) in [6.45, 7) is 3.81. The van der Waals surface area contributed by atoms with Gasteiger partial charge >= 0.3 is 0 Å². The molecule has 0 aliphatic carbocycles. The molecule has 1 heterocycles. The normalized spacial score (nSPS) is 11.6. The summed E-state index contributed by atoms with van der Waals surface area (Å²) in [6, 6.07) is 10.2. The second-order valence-electron chi connectivity index (χ2n) is 4.34. The molecule has 0 bridgehead atoms. The van der Waals surface area contributed by atoms with E-state index in [1.54, 1.807) is 7.05 Å². The summed E-state index contributed by atoms with van der Waals surface area (Å²) >= 11 is 0. The molecule has 1 aromatic carbocycles. The Hall–Kier alpha value is -2.10. The van der Waals surface area contributed by atoms with Crippen molar-refractivity contribution in [2.24, 2.45) is 4.99 Å². The van der Waals surface area contributed by atoms with Gasteiger partial charge in [-0.1, -0.05) is 25.1 Å². The number of hydrogen-bond acceptors (Lipinski definition) is 2. The molecule has 4 nitrogen and oxygen atoms in total. The van der Waals surface area contributed by atoms with E-state index in [0.29, 0.717) is 0 Å². The van der Waals surface area contributed by atoms with Gasteiger partial charge in [0.05, 0.1) is 5.52 Å². The average Bonchev–Trinajstić information content (AvgIpc) is 2.47. The van der Waals surface area contributed by atoms with E-state index in [2.05, 4.69) is 33.6 Å². The van der Waals surface area contributed by atoms with E-state index >= 15 is 0 Å². The molecule has 0 radical (unpaired) electrons. The van der Waals surface area contributed by atoms with E-state index in [0.717, 1.165) is 31.0 Å². The number of aliphatic imine (C=N–C) groups is 1. The Morgan fingerprint density at radius 3 is 2.84 bits per heavy atom. The summed E-state index contributed by atoms with van der Waals surface area (Å²) in [5.41, 5.74) is 2.25. The third kappa shape index (κ3) is 3.44. The van der Waals surface area contributed by atoms with Crippen LogP contribution in [0.15, 0.2) is 41.5 Å². The van der Waals surface area contributed by atoms with Gasteiger partial charge in [-0.3, -0.25) is 9.98 Å². The van der Waals surface area contributed by atoms with E-state index in [1.807, 2.05) is 30.5 Å². The molecule has 2 aromatic rings. The maximum absolute atomic E-state index is 4.37. The van der Waals surface area contributed by atoms with Crippen LogP contribution in [0.25, 0.3) is 10.9 Å². The average molecular weight is 256 g/mol. The fraction of sp³-hybridized carbons (Fsp3) is 0.333. The van der Waals surface area contributed by atoms with Crippen molar-refractivity contribution in [1.29, 1.82) is 0 Å². The number of rotatable bonds is 4. The number of benzene rings is 1. The summed E-state index contributed by atoms with van der Waals surface area (Å²) < 4.78 is 0. The highest BCUT2D eigenvalue weighted by Crippen LogP contribution is 2.15. The fourth-order valence-corrected chi connectivity index (χ4v) is 1.95. The Morgan fingerprint density at radius 1 is 1.21 bits per heavy atom. The van der Waals surface area contributed by atoms with Crippen molar-refractivity contribution >= 4 is 16.9 Å². The van der Waals surface area contributed by atoms with Crippen LogP contribution in [0.4, 0.5) is 0 Å². The predicted molar refractivity (Wildman–Crippen MR) is 80.2 cm³/mol. The molecule has 2 N–H and O–H groups in total. The molecule has 100 valence electrons. The molecule has 0 aliphatic rings. The number of pyridine rings is 1. The van der Waals surface area contributed by atoms with E-state index in [9.17, 15) is 0 Å². The van der Waals surface area contributed by atoms with Crippen LogP contribution in [-0.2, 0) is 6.54 Å². The molecule has 0 unspecified atom stereocenters. The van der Waals surface area contributed by atoms with Crippen LogP contribution in [0.5, 0.6) is 0 Å². The minimum Gasteiger partial charge on any atom is -0.356 e. The Kier molecular flexibility index (Phi) is 4.72. The summed E-state index contributed by atoms with van der Waals surface area (Å²) in [5, 5.41) is 7.77. The first-order valence-electron chi connectivity index (χ1n) is 6.62. The largest absolute Gasteiger partial charge is 0.356 e. The van der Waals surface area contributed by atoms with Crippen molar-refractivity contribution in [3.8, 4) is 0 Å². The van der Waals surface area contributed by atoms with Crippen molar-refractivity contribution in [1.82, 2.24) is 15.6 Å². The molecule has 0 aliphatic heterocycles. The summed E-state index contributed by atoms with van der Waals surface area (Å²) in [6.07, 6.45) is 2.93. The van der Waals surface area contributed by atoms with Crippen molar-refractivity contribution in [3.05, 3.63) is 42.1 Å². The Morgan fingerprint density at radius 2 is 2.05 bits per heavy atom. The fourth-order valence-electron chi connectivity index (χ4n) is 1.95. The summed E-state index contributed by atoms with van der Waals surface area (Å²) in [5.74, 6) is 0.836. The molecule has 4 heteroatoms. The lowest BCUT2D eigenvalue weighted by Gasteiger charge is -2.12. The number of fused-ring (bicyclic) bond motifs is 1. The standard InChI is InChI=1S/C15H20N4/c1-3-9-18-15(16-2)19-11-12-8-10-17-14-7-5-4-6-13(12)14/h4-8,10H,3,9,11H2,1-2H3,(H2,16,18,19). The number of hydrogen-bond donors (Lipinski definition) is 2. The van der Waals surface area contributed by atoms with Gasteiger partial charge in [0.1, 0.15) is 0 Å². The smallest absolute Gasteiger partial charge is 0.191 e. The SMILES string of the molecule is CCCNC(=NC)NCc1ccnc2ccccc12. The third-order valence-electron chi connectivity index (χ3n) is 2.95. The van der Waals surface area contributed by atoms with Gasteiger partial charge in [0.15, 0.2) is 5.96 Å². The molecule has 0 atom stereocenters. The highest BCUT2D eigenvalue weighted by molar-refractivity contribution is 5.83. The molecule has 0 fully saturated rings. The van der Waals surface area contributed by atoms with Gasteiger partial charge in [-0.25, -0.2) is 0 Å². The number of aromatic nitrogens is 1. The zero-order valence-electron chi connectivity index (χ0n) is 11.5. The van der Waals surface area contributed by atoms with Crippen molar-refractivity contribution < 1.29 is 0 Å². The van der Waals surface area contributed by atoms with Crippen LogP contribution < -0.4 is 10.6 Å². The highest BCUT2D eigenvalue weighted by atomic mass is 15.2. The highest BCUT2D eigenvalue weighted by Gasteiger charge is 2.02. The van der Waals surface area contributed by atoms with E-state index in [1.165, 1.54) is 10.9 Å². The molecular weight excluding hydrogens is 236 g/mol. The molecule has 1 aromatic heterocycles. The van der Waals surface area contributed by atoms with Crippen molar-refractivity contribution in [2.75, 3.05) is 13.6 Å². The van der Waals surface area contributed by atoms with Crippen LogP contribution in [0.1, 0.15) is 18.9 Å². The van der Waals surface area contributed by atoms with Crippen molar-refractivity contribution in [3.63, 3.8) is 0 Å². The lowest BCUT2D eigenvalue weighted by molar-refractivity contribution is 0.783. The van der Waals surface area contributed by atoms with Crippen LogP contribution in [-0.4, -0.2) is 24.5 Å². The lowest BCUT2D eigenvalue weighted by atomic mass is 10.1. The number of guanidine groups is 1. The molecular formula is C15H20N4.